The van der Waals surface area contributed by atoms with Crippen molar-refractivity contribution in [3.05, 3.63) is 80.9 Å². The van der Waals surface area contributed by atoms with Crippen molar-refractivity contribution in [2.24, 2.45) is 5.92 Å². The Kier molecular flexibility index (Phi) is 19.4. The van der Waals surface area contributed by atoms with Gasteiger partial charge in [-0.05, 0) is 68.9 Å². The van der Waals surface area contributed by atoms with E-state index in [0.717, 1.165) is 63.1 Å². The number of benzene rings is 2. The summed E-state index contributed by atoms with van der Waals surface area (Å²) in [5.41, 5.74) is 1.83. The number of aromatic nitrogens is 3. The molecule has 1 saturated carbocycles. The Labute approximate surface area is 428 Å². The fourth-order valence-electron chi connectivity index (χ4n) is 9.09. The molecule has 0 bridgehead atoms. The second kappa shape index (κ2) is 26.0. The third kappa shape index (κ3) is 13.9. The van der Waals surface area contributed by atoms with Crippen molar-refractivity contribution in [3.63, 3.8) is 0 Å². The van der Waals surface area contributed by atoms with E-state index in [1.54, 1.807) is 66.9 Å². The fourth-order valence-corrected chi connectivity index (χ4v) is 10.2. The topological polar surface area (TPSA) is 230 Å². The highest BCUT2D eigenvalue weighted by Crippen LogP contribution is 2.37. The van der Waals surface area contributed by atoms with Crippen molar-refractivity contribution in [1.29, 1.82) is 0 Å². The predicted octanol–water partition coefficient (Wildman–Crippen LogP) is 6.21. The molecule has 388 valence electrons. The monoisotopic (exact) mass is 1030 g/mol. The minimum absolute atomic E-state index is 0.0563. The van der Waals surface area contributed by atoms with E-state index < -0.39 is 24.1 Å². The molecule has 3 atom stereocenters. The molecule has 0 unspecified atom stereocenters. The quantitative estimate of drug-likeness (QED) is 0.0478. The van der Waals surface area contributed by atoms with E-state index in [4.69, 9.17) is 35.5 Å². The van der Waals surface area contributed by atoms with E-state index in [0.29, 0.717) is 103 Å². The number of halogens is 1. The van der Waals surface area contributed by atoms with Crippen LogP contribution in [0.25, 0.3) is 0 Å². The van der Waals surface area contributed by atoms with Crippen LogP contribution in [0.3, 0.4) is 0 Å². The third-order valence-electron chi connectivity index (χ3n) is 13.4. The summed E-state index contributed by atoms with van der Waals surface area (Å²) in [6.45, 7) is 7.30. The number of ketones is 1. The van der Waals surface area contributed by atoms with Gasteiger partial charge in [0, 0.05) is 69.9 Å². The van der Waals surface area contributed by atoms with Gasteiger partial charge in [-0.25, -0.2) is 14.8 Å². The summed E-state index contributed by atoms with van der Waals surface area (Å²) in [7, 11) is 4.60. The summed E-state index contributed by atoms with van der Waals surface area (Å²) in [5, 5.41) is 21.2. The van der Waals surface area contributed by atoms with Gasteiger partial charge in [-0.3, -0.25) is 29.0 Å². The number of amides is 4. The molecule has 2 aliphatic heterocycles. The Morgan fingerprint density at radius 3 is 2.39 bits per heavy atom. The van der Waals surface area contributed by atoms with Crippen molar-refractivity contribution in [2.45, 2.75) is 70.0 Å². The molecule has 3 aliphatic rings. The Morgan fingerprint density at radius 1 is 0.903 bits per heavy atom. The molecule has 72 heavy (non-hydrogen) atoms. The summed E-state index contributed by atoms with van der Waals surface area (Å²) in [5.74, 6) is 0.721. The number of hydrogen-bond acceptors (Lipinski definition) is 16. The van der Waals surface area contributed by atoms with Gasteiger partial charge in [0.2, 0.25) is 23.5 Å². The highest BCUT2D eigenvalue weighted by molar-refractivity contribution is 7.10. The molecule has 20 nitrogen and oxygen atoms in total. The minimum atomic E-state index is -1.23. The molecular formula is C50H65ClN10O10S. The van der Waals surface area contributed by atoms with Crippen LogP contribution >= 0.6 is 22.9 Å². The van der Waals surface area contributed by atoms with Crippen LogP contribution in [0.4, 0.5) is 22.2 Å². The van der Waals surface area contributed by atoms with Gasteiger partial charge in [0.15, 0.2) is 0 Å². The summed E-state index contributed by atoms with van der Waals surface area (Å²) in [4.78, 5) is 86.3. The first kappa shape index (κ1) is 53.7. The van der Waals surface area contributed by atoms with Crippen LogP contribution in [-0.2, 0) is 19.1 Å². The summed E-state index contributed by atoms with van der Waals surface area (Å²) >= 11 is 7.45. The van der Waals surface area contributed by atoms with E-state index in [1.165, 1.54) is 31.5 Å². The highest BCUT2D eigenvalue weighted by Gasteiger charge is 2.41. The molecule has 3 fully saturated rings. The highest BCUT2D eigenvalue weighted by atomic mass is 35.5. The van der Waals surface area contributed by atoms with E-state index in [1.807, 2.05) is 4.90 Å². The molecule has 2 aromatic carbocycles. The van der Waals surface area contributed by atoms with Gasteiger partial charge in [-0.1, -0.05) is 43.0 Å². The van der Waals surface area contributed by atoms with Crippen molar-refractivity contribution < 1.29 is 48.0 Å². The molecule has 2 saturated heterocycles. The molecular weight excluding hydrogens is 968 g/mol. The Morgan fingerprint density at radius 2 is 1.65 bits per heavy atom. The SMILES string of the molecule is CNc1nc(Nc2ccc(C(=O)N3CCN(CCOCCOCCOc4cccc(C(=O)c5csc([C@@H]6CCCN6C(=O)[C@@H](NC(=O)[C@H](C)N(C)C(=O)O)C6CCCCC6)n5)c4)CC3)cc2OC)ncc1Cl. The number of nitrogens with one attached hydrogen (secondary N) is 3. The van der Waals surface area contributed by atoms with Gasteiger partial charge >= 0.3 is 6.09 Å². The first-order valence-electron chi connectivity index (χ1n) is 24.5. The molecule has 22 heteroatoms. The zero-order chi connectivity index (χ0) is 51.1. The first-order valence-corrected chi connectivity index (χ1v) is 25.7. The van der Waals surface area contributed by atoms with Crippen molar-refractivity contribution in [2.75, 3.05) is 104 Å². The number of piperazine rings is 1. The number of ether oxygens (including phenoxy) is 4. The minimum Gasteiger partial charge on any atom is -0.495 e. The van der Waals surface area contributed by atoms with Gasteiger partial charge in [-0.15, -0.1) is 11.3 Å². The van der Waals surface area contributed by atoms with Crippen LogP contribution in [-0.4, -0.2) is 175 Å². The molecule has 4 heterocycles. The fraction of sp³-hybridized carbons (Fsp3) is 0.520. The van der Waals surface area contributed by atoms with Crippen LogP contribution in [0.1, 0.15) is 89.3 Å². The van der Waals surface area contributed by atoms with Crippen molar-refractivity contribution >= 4 is 70.0 Å². The zero-order valence-electron chi connectivity index (χ0n) is 41.3. The molecule has 0 spiro atoms. The number of carboxylic acid groups (broad SMARTS) is 1. The summed E-state index contributed by atoms with van der Waals surface area (Å²) in [6.07, 6.45) is 6.28. The normalized spacial score (nSPS) is 17.2. The van der Waals surface area contributed by atoms with Crippen molar-refractivity contribution in [3.8, 4) is 11.5 Å². The first-order chi connectivity index (χ1) is 34.8. The number of rotatable bonds is 23. The number of nitrogens with zero attached hydrogens (tertiary/aromatic N) is 7. The summed E-state index contributed by atoms with van der Waals surface area (Å²) < 4.78 is 23.1. The smallest absolute Gasteiger partial charge is 0.407 e. The largest absolute Gasteiger partial charge is 0.495 e. The number of thiazole rings is 1. The average Bonchev–Trinajstić information content (AvgIpc) is 4.11. The van der Waals surface area contributed by atoms with Gasteiger partial charge in [-0.2, -0.15) is 4.98 Å². The van der Waals surface area contributed by atoms with Gasteiger partial charge in [0.25, 0.3) is 5.91 Å². The number of methoxy groups -OCH3 is 1. The Bertz CT molecular complexity index is 2500. The van der Waals surface area contributed by atoms with E-state index >= 15 is 0 Å². The Hall–Kier alpha value is -6.13. The maximum Gasteiger partial charge on any atom is 0.407 e. The molecule has 4 N–H and O–H groups in total. The van der Waals surface area contributed by atoms with Crippen LogP contribution in [0.5, 0.6) is 11.5 Å². The van der Waals surface area contributed by atoms with E-state index in [9.17, 15) is 29.1 Å². The predicted molar refractivity (Wildman–Crippen MR) is 272 cm³/mol. The number of carbonyl (C=O) groups excluding carboxylic acids is 4. The van der Waals surface area contributed by atoms with Crippen LogP contribution < -0.4 is 25.4 Å². The number of hydrogen-bond donors (Lipinski definition) is 4. The lowest BCUT2D eigenvalue weighted by Crippen LogP contribution is -2.56. The Balaban J connectivity index is 0.794. The molecule has 4 aromatic rings. The number of anilines is 3. The van der Waals surface area contributed by atoms with Gasteiger partial charge in [0.1, 0.15) is 51.7 Å². The lowest BCUT2D eigenvalue weighted by molar-refractivity contribution is -0.140. The molecule has 0 radical (unpaired) electrons. The van der Waals surface area contributed by atoms with E-state index in [2.05, 4.69) is 30.8 Å². The molecule has 2 aromatic heterocycles. The molecule has 1 aliphatic carbocycles. The zero-order valence-corrected chi connectivity index (χ0v) is 42.8. The second-order valence-electron chi connectivity index (χ2n) is 18.0. The van der Waals surface area contributed by atoms with Crippen LogP contribution in [0.15, 0.2) is 54.0 Å². The van der Waals surface area contributed by atoms with Crippen LogP contribution in [0, 0.1) is 5.92 Å². The van der Waals surface area contributed by atoms with Crippen LogP contribution in [0.2, 0.25) is 5.02 Å². The molecule has 4 amide bonds. The maximum atomic E-state index is 14.3. The van der Waals surface area contributed by atoms with Crippen molar-refractivity contribution in [1.82, 2.24) is 39.9 Å². The number of likely N-dealkylation sites (tertiary alicyclic amines) is 1. The van der Waals surface area contributed by atoms with E-state index in [-0.39, 0.29) is 41.9 Å². The molecule has 7 rings (SSSR count). The number of likely N-dealkylation sites (N-methyl/N-ethyl adjacent to an activating group) is 1. The summed E-state index contributed by atoms with van der Waals surface area (Å²) in [6, 6.07) is 10.1. The standard InChI is InChI=1S/C50H65ClN10O10S/c1-32(58(3)50(66)67)45(63)56-42(33-10-6-5-7-11-33)48(65)61-17-9-14-40(61)46-54-39(31-72-46)43(62)34-12-8-13-36(28-34)71-27-26-70-25-24-69-23-22-59-18-20-60(21-19-59)47(64)35-15-16-38(41(29-35)68-4)55-49-53-30-37(51)44(52-2)57-49/h8,12-13,15-16,28-33,40,42H,5-7,9-11,14,17-27H2,1-4H3,(H,56,63)(H,66,67)(H2,52,53,55,57)/t32-,40-,42-/m0/s1. The third-order valence-corrected chi connectivity index (χ3v) is 14.6. The van der Waals surface area contributed by atoms with Gasteiger partial charge in [0.05, 0.1) is 51.5 Å². The lowest BCUT2D eigenvalue weighted by atomic mass is 9.83. The number of carbonyl (C=O) groups is 5. The average molecular weight is 1030 g/mol. The second-order valence-corrected chi connectivity index (χ2v) is 19.3. The maximum absolute atomic E-state index is 14.3. The van der Waals surface area contributed by atoms with Gasteiger partial charge < -0.3 is 49.8 Å². The lowest BCUT2D eigenvalue weighted by Gasteiger charge is -2.35.